The fourth-order valence-electron chi connectivity index (χ4n) is 1.22. The SMILES string of the molecule is COc1cc(C(=O)C(C)(N)S(C)=O)ccc1Cl. The van der Waals surface area contributed by atoms with Crippen molar-refractivity contribution in [3.8, 4) is 5.75 Å². The van der Waals surface area contributed by atoms with E-state index in [2.05, 4.69) is 0 Å². The van der Waals surface area contributed by atoms with Gasteiger partial charge in [0, 0.05) is 22.6 Å². The van der Waals surface area contributed by atoms with Crippen LogP contribution < -0.4 is 10.5 Å². The first-order chi connectivity index (χ1) is 7.80. The maximum atomic E-state index is 12.1. The Morgan fingerprint density at radius 1 is 1.53 bits per heavy atom. The number of carbonyl (C=O) groups is 1. The topological polar surface area (TPSA) is 69.4 Å². The lowest BCUT2D eigenvalue weighted by Gasteiger charge is -2.20. The summed E-state index contributed by atoms with van der Waals surface area (Å²) in [6, 6.07) is 4.57. The molecule has 6 heteroatoms. The summed E-state index contributed by atoms with van der Waals surface area (Å²) in [6.07, 6.45) is 1.39. The molecule has 1 rings (SSSR count). The van der Waals surface area contributed by atoms with Crippen molar-refractivity contribution in [3.63, 3.8) is 0 Å². The van der Waals surface area contributed by atoms with Gasteiger partial charge in [0.25, 0.3) is 0 Å². The molecule has 0 amide bonds. The van der Waals surface area contributed by atoms with E-state index in [1.165, 1.54) is 32.4 Å². The van der Waals surface area contributed by atoms with E-state index in [4.69, 9.17) is 22.1 Å². The zero-order valence-corrected chi connectivity index (χ0v) is 11.4. The van der Waals surface area contributed by atoms with Crippen molar-refractivity contribution in [1.82, 2.24) is 0 Å². The monoisotopic (exact) mass is 275 g/mol. The lowest BCUT2D eigenvalue weighted by molar-refractivity contribution is 0.0950. The number of methoxy groups -OCH3 is 1. The molecule has 1 aromatic rings. The minimum absolute atomic E-state index is 0.325. The number of halogens is 1. The molecule has 0 fully saturated rings. The van der Waals surface area contributed by atoms with Crippen LogP contribution in [0.1, 0.15) is 17.3 Å². The molecule has 0 saturated carbocycles. The Morgan fingerprint density at radius 2 is 2.12 bits per heavy atom. The average Bonchev–Trinajstić information content (AvgIpc) is 2.28. The van der Waals surface area contributed by atoms with Crippen LogP contribution in [0.4, 0.5) is 0 Å². The van der Waals surface area contributed by atoms with Gasteiger partial charge in [-0.05, 0) is 25.1 Å². The van der Waals surface area contributed by atoms with Crippen LogP contribution in [0.25, 0.3) is 0 Å². The number of Topliss-reactive ketones (excluding diaryl/α,β-unsaturated/α-hetero) is 1. The Kier molecular flexibility index (Phi) is 4.30. The van der Waals surface area contributed by atoms with Gasteiger partial charge in [-0.1, -0.05) is 11.6 Å². The van der Waals surface area contributed by atoms with E-state index in [1.807, 2.05) is 0 Å². The molecule has 0 aromatic heterocycles. The highest BCUT2D eigenvalue weighted by Crippen LogP contribution is 2.26. The van der Waals surface area contributed by atoms with Gasteiger partial charge in [0.05, 0.1) is 12.1 Å². The molecule has 0 radical (unpaired) electrons. The summed E-state index contributed by atoms with van der Waals surface area (Å²) in [7, 11) is -0.0125. The number of hydrogen-bond donors (Lipinski definition) is 1. The third-order valence-corrected chi connectivity index (χ3v) is 4.15. The molecule has 17 heavy (non-hydrogen) atoms. The van der Waals surface area contributed by atoms with Crippen molar-refractivity contribution < 1.29 is 13.7 Å². The Balaban J connectivity index is 3.18. The Bertz CT molecular complexity index is 474. The number of nitrogens with two attached hydrogens (primary N) is 1. The molecule has 0 aliphatic carbocycles. The van der Waals surface area contributed by atoms with Crippen LogP contribution >= 0.6 is 11.6 Å². The molecule has 4 nitrogen and oxygen atoms in total. The third kappa shape index (κ3) is 2.86. The lowest BCUT2D eigenvalue weighted by atomic mass is 10.1. The first kappa shape index (κ1) is 14.2. The van der Waals surface area contributed by atoms with Crippen LogP contribution in [-0.4, -0.2) is 28.2 Å². The zero-order valence-electron chi connectivity index (χ0n) is 9.82. The molecule has 94 valence electrons. The molecular weight excluding hydrogens is 262 g/mol. The fraction of sp³-hybridized carbons (Fsp3) is 0.364. The van der Waals surface area contributed by atoms with Gasteiger partial charge in [0.2, 0.25) is 0 Å². The van der Waals surface area contributed by atoms with E-state index in [0.29, 0.717) is 16.3 Å². The van der Waals surface area contributed by atoms with Gasteiger partial charge in [0.1, 0.15) is 5.75 Å². The molecule has 0 aliphatic heterocycles. The van der Waals surface area contributed by atoms with Crippen LogP contribution in [0.15, 0.2) is 18.2 Å². The van der Waals surface area contributed by atoms with Crippen molar-refractivity contribution in [3.05, 3.63) is 28.8 Å². The first-order valence-corrected chi connectivity index (χ1v) is 6.75. The molecule has 0 spiro atoms. The maximum Gasteiger partial charge on any atom is 0.195 e. The predicted molar refractivity (Wildman–Crippen MR) is 69.0 cm³/mol. The summed E-state index contributed by atoms with van der Waals surface area (Å²) in [5.74, 6) is -0.0245. The smallest absolute Gasteiger partial charge is 0.195 e. The summed E-state index contributed by atoms with van der Waals surface area (Å²) < 4.78 is 16.4. The van der Waals surface area contributed by atoms with Crippen molar-refractivity contribution in [2.24, 2.45) is 5.73 Å². The second-order valence-corrected chi connectivity index (χ2v) is 5.90. The van der Waals surface area contributed by atoms with Crippen LogP contribution in [0, 0.1) is 0 Å². The summed E-state index contributed by atoms with van der Waals surface area (Å²) in [5, 5.41) is 0.403. The average molecular weight is 276 g/mol. The van der Waals surface area contributed by atoms with Crippen LogP contribution in [-0.2, 0) is 10.8 Å². The van der Waals surface area contributed by atoms with Crippen molar-refractivity contribution in [1.29, 1.82) is 0 Å². The molecule has 2 atom stereocenters. The van der Waals surface area contributed by atoms with Gasteiger partial charge in [-0.25, -0.2) is 0 Å². The number of ketones is 1. The Labute approximate surface area is 108 Å². The second-order valence-electron chi connectivity index (χ2n) is 3.74. The third-order valence-electron chi connectivity index (χ3n) is 2.46. The maximum absolute atomic E-state index is 12.1. The van der Waals surface area contributed by atoms with Gasteiger partial charge < -0.3 is 10.5 Å². The molecule has 2 unspecified atom stereocenters. The van der Waals surface area contributed by atoms with E-state index < -0.39 is 21.5 Å². The van der Waals surface area contributed by atoms with E-state index >= 15 is 0 Å². The van der Waals surface area contributed by atoms with Gasteiger partial charge in [-0.2, -0.15) is 0 Å². The molecule has 0 heterocycles. The minimum Gasteiger partial charge on any atom is -0.495 e. The highest BCUT2D eigenvalue weighted by molar-refractivity contribution is 7.86. The summed E-state index contributed by atoms with van der Waals surface area (Å²) >= 11 is 5.85. The predicted octanol–water partition coefficient (Wildman–Crippen LogP) is 1.58. The number of hydrogen-bond acceptors (Lipinski definition) is 4. The summed E-state index contributed by atoms with van der Waals surface area (Å²) in [6.45, 7) is 1.44. The summed E-state index contributed by atoms with van der Waals surface area (Å²) in [4.78, 5) is 10.7. The quantitative estimate of drug-likeness (QED) is 0.847. The fourth-order valence-corrected chi connectivity index (χ4v) is 1.79. The lowest BCUT2D eigenvalue weighted by Crippen LogP contribution is -2.48. The highest BCUT2D eigenvalue weighted by Gasteiger charge is 2.33. The number of rotatable bonds is 4. The molecule has 2 N–H and O–H groups in total. The van der Waals surface area contributed by atoms with Crippen molar-refractivity contribution in [2.45, 2.75) is 11.8 Å². The number of carbonyl (C=O) groups excluding carboxylic acids is 1. The molecule has 0 bridgehead atoms. The normalized spacial score (nSPS) is 16.1. The molecule has 0 saturated heterocycles. The molecule has 1 aromatic carbocycles. The van der Waals surface area contributed by atoms with E-state index in [-0.39, 0.29) is 0 Å². The van der Waals surface area contributed by atoms with E-state index in [9.17, 15) is 9.00 Å². The van der Waals surface area contributed by atoms with E-state index in [0.717, 1.165) is 0 Å². The largest absolute Gasteiger partial charge is 0.495 e. The summed E-state index contributed by atoms with van der Waals surface area (Å²) in [5.41, 5.74) is 6.07. The standard InChI is InChI=1S/C11H14ClNO3S/c1-11(13,17(3)15)10(14)7-4-5-8(12)9(6-7)16-2/h4-6H,13H2,1-3H3. The second kappa shape index (κ2) is 5.16. The zero-order chi connectivity index (χ0) is 13.2. The van der Waals surface area contributed by atoms with Crippen molar-refractivity contribution >= 4 is 28.2 Å². The van der Waals surface area contributed by atoms with Crippen LogP contribution in [0.2, 0.25) is 5.02 Å². The first-order valence-electron chi connectivity index (χ1n) is 4.81. The van der Waals surface area contributed by atoms with Crippen LogP contribution in [0.5, 0.6) is 5.75 Å². The van der Waals surface area contributed by atoms with Gasteiger partial charge in [0.15, 0.2) is 10.7 Å². The number of ether oxygens (including phenoxy) is 1. The highest BCUT2D eigenvalue weighted by atomic mass is 35.5. The van der Waals surface area contributed by atoms with Gasteiger partial charge in [-0.3, -0.25) is 9.00 Å². The van der Waals surface area contributed by atoms with Crippen molar-refractivity contribution in [2.75, 3.05) is 13.4 Å². The van der Waals surface area contributed by atoms with Gasteiger partial charge in [-0.15, -0.1) is 0 Å². The van der Waals surface area contributed by atoms with Gasteiger partial charge >= 0.3 is 0 Å². The molecular formula is C11H14ClNO3S. The van der Waals surface area contributed by atoms with E-state index in [1.54, 1.807) is 6.07 Å². The minimum atomic E-state index is -1.47. The molecule has 0 aliphatic rings. The Morgan fingerprint density at radius 3 is 2.59 bits per heavy atom. The van der Waals surface area contributed by atoms with Crippen LogP contribution in [0.3, 0.4) is 0 Å². The number of benzene rings is 1. The Hall–Kier alpha value is -0.910.